The molecule has 0 N–H and O–H groups in total. The number of carbonyl (C=O) groups is 1. The summed E-state index contributed by atoms with van der Waals surface area (Å²) in [5.74, 6) is -0.863. The van der Waals surface area contributed by atoms with Crippen LogP contribution in [0.15, 0.2) is 24.3 Å². The van der Waals surface area contributed by atoms with Crippen molar-refractivity contribution in [1.82, 2.24) is 4.90 Å². The van der Waals surface area contributed by atoms with Gasteiger partial charge in [0.15, 0.2) is 5.79 Å². The minimum Gasteiger partial charge on any atom is -0.443 e. The summed E-state index contributed by atoms with van der Waals surface area (Å²) in [6.07, 6.45) is -1.70. The van der Waals surface area contributed by atoms with Gasteiger partial charge in [0.05, 0.1) is 19.3 Å². The number of halogens is 3. The largest absolute Gasteiger partial charge is 0.573 e. The maximum absolute atomic E-state index is 12.9. The van der Waals surface area contributed by atoms with E-state index in [0.717, 1.165) is 0 Å². The van der Waals surface area contributed by atoms with Gasteiger partial charge in [-0.1, -0.05) is 26.0 Å². The molecular weight excluding hydrogens is 427 g/mol. The summed E-state index contributed by atoms with van der Waals surface area (Å²) in [6.45, 7) is 7.87. The van der Waals surface area contributed by atoms with Crippen molar-refractivity contribution in [2.45, 2.75) is 76.7 Å². The van der Waals surface area contributed by atoms with Crippen LogP contribution >= 0.6 is 0 Å². The Bertz CT molecular complexity index is 819. The van der Waals surface area contributed by atoms with Crippen molar-refractivity contribution in [3.05, 3.63) is 29.8 Å². The molecule has 2 saturated heterocycles. The molecule has 6 nitrogen and oxygen atoms in total. The van der Waals surface area contributed by atoms with Gasteiger partial charge >= 0.3 is 12.5 Å². The highest BCUT2D eigenvalue weighted by Gasteiger charge is 2.51. The Morgan fingerprint density at radius 2 is 1.59 bits per heavy atom. The molecule has 1 aliphatic carbocycles. The first-order chi connectivity index (χ1) is 14.9. The fourth-order valence-electron chi connectivity index (χ4n) is 4.65. The van der Waals surface area contributed by atoms with E-state index in [-0.39, 0.29) is 17.2 Å². The van der Waals surface area contributed by atoms with E-state index in [1.807, 2.05) is 6.92 Å². The van der Waals surface area contributed by atoms with Gasteiger partial charge in [-0.2, -0.15) is 0 Å². The Morgan fingerprint density at radius 3 is 2.12 bits per heavy atom. The van der Waals surface area contributed by atoms with E-state index in [4.69, 9.17) is 14.2 Å². The van der Waals surface area contributed by atoms with E-state index in [0.29, 0.717) is 57.4 Å². The topological polar surface area (TPSA) is 57.2 Å². The Labute approximate surface area is 185 Å². The molecule has 0 aromatic heterocycles. The summed E-state index contributed by atoms with van der Waals surface area (Å²) in [6, 6.07) is 5.24. The lowest BCUT2D eigenvalue weighted by molar-refractivity contribution is -0.320. The molecule has 1 atom stereocenters. The maximum Gasteiger partial charge on any atom is 0.573 e. The zero-order chi connectivity index (χ0) is 23.2. The number of hydrogen-bond donors (Lipinski definition) is 0. The van der Waals surface area contributed by atoms with Gasteiger partial charge in [0.1, 0.15) is 11.4 Å². The highest BCUT2D eigenvalue weighted by atomic mass is 19.4. The van der Waals surface area contributed by atoms with Crippen LogP contribution in [0.5, 0.6) is 5.75 Å². The first-order valence-electron chi connectivity index (χ1n) is 11.0. The van der Waals surface area contributed by atoms with Crippen LogP contribution in [0.1, 0.15) is 64.5 Å². The van der Waals surface area contributed by atoms with Gasteiger partial charge in [-0.15, -0.1) is 13.2 Å². The fraction of sp³-hybridized carbons (Fsp3) is 0.696. The first-order valence-corrected chi connectivity index (χ1v) is 11.0. The summed E-state index contributed by atoms with van der Waals surface area (Å²) in [5.41, 5.74) is 0.204. The maximum atomic E-state index is 12.9. The predicted molar refractivity (Wildman–Crippen MR) is 109 cm³/mol. The number of rotatable bonds is 3. The number of ether oxygens (including phenoxy) is 4. The van der Waals surface area contributed by atoms with Crippen LogP contribution in [0.4, 0.5) is 18.0 Å². The predicted octanol–water partition coefficient (Wildman–Crippen LogP) is 5.57. The Morgan fingerprint density at radius 1 is 1.00 bits per heavy atom. The van der Waals surface area contributed by atoms with Crippen LogP contribution in [0.2, 0.25) is 0 Å². The molecule has 0 unspecified atom stereocenters. The molecule has 1 aromatic rings. The van der Waals surface area contributed by atoms with Crippen molar-refractivity contribution < 1.29 is 36.9 Å². The molecule has 2 spiro atoms. The molecule has 3 aliphatic rings. The molecule has 1 aromatic carbocycles. The lowest BCUT2D eigenvalue weighted by atomic mass is 9.77. The Balaban J connectivity index is 1.34. The van der Waals surface area contributed by atoms with Gasteiger partial charge in [0.25, 0.3) is 0 Å². The summed E-state index contributed by atoms with van der Waals surface area (Å²) in [7, 11) is 0. The average molecular weight is 457 g/mol. The fourth-order valence-corrected chi connectivity index (χ4v) is 4.65. The van der Waals surface area contributed by atoms with Gasteiger partial charge in [0, 0.05) is 31.2 Å². The summed E-state index contributed by atoms with van der Waals surface area (Å²) >= 11 is 0. The quantitative estimate of drug-likeness (QED) is 0.594. The highest BCUT2D eigenvalue weighted by Crippen LogP contribution is 2.47. The van der Waals surface area contributed by atoms with Crippen LogP contribution in [-0.2, 0) is 14.2 Å². The molecule has 32 heavy (non-hydrogen) atoms. The number of hydrogen-bond acceptors (Lipinski definition) is 5. The lowest BCUT2D eigenvalue weighted by Crippen LogP contribution is -2.56. The molecule has 2 aliphatic heterocycles. The molecule has 3 fully saturated rings. The van der Waals surface area contributed by atoms with E-state index >= 15 is 0 Å². The van der Waals surface area contributed by atoms with Gasteiger partial charge in [-0.25, -0.2) is 4.79 Å². The second-order valence-electron chi connectivity index (χ2n) is 9.94. The van der Waals surface area contributed by atoms with Crippen molar-refractivity contribution in [2.75, 3.05) is 19.8 Å². The van der Waals surface area contributed by atoms with Gasteiger partial charge in [-0.05, 0) is 37.5 Å². The van der Waals surface area contributed by atoms with Crippen LogP contribution in [0, 0.1) is 5.41 Å². The zero-order valence-corrected chi connectivity index (χ0v) is 18.7. The van der Waals surface area contributed by atoms with E-state index in [9.17, 15) is 18.0 Å². The number of amides is 1. The third kappa shape index (κ3) is 4.98. The summed E-state index contributed by atoms with van der Waals surface area (Å²) in [4.78, 5) is 14.5. The molecule has 4 rings (SSSR count). The van der Waals surface area contributed by atoms with Crippen molar-refractivity contribution in [3.63, 3.8) is 0 Å². The third-order valence-electron chi connectivity index (χ3n) is 6.79. The standard InChI is InChI=1S/C23H30F3NO5/c1-16(17-4-6-18(7-5-17)31-23(24,25)26)27-13-12-21(32-19(27)28)8-10-22(11-9-21)29-14-20(2,3)15-30-22/h4-7,16H,8-15H2,1-3H3/t16-/m0/s1. The molecule has 1 amide bonds. The average Bonchev–Trinajstić information content (AvgIpc) is 2.72. The van der Waals surface area contributed by atoms with Crippen LogP contribution in [0.25, 0.3) is 0 Å². The molecule has 0 radical (unpaired) electrons. The minimum atomic E-state index is -4.74. The number of nitrogens with zero attached hydrogens (tertiary/aromatic N) is 1. The number of benzene rings is 1. The third-order valence-corrected chi connectivity index (χ3v) is 6.79. The van der Waals surface area contributed by atoms with Crippen molar-refractivity contribution in [2.24, 2.45) is 5.41 Å². The molecule has 1 saturated carbocycles. The Kier molecular flexibility index (Phi) is 5.86. The molecule has 178 valence electrons. The SMILES string of the molecule is C[C@@H](c1ccc(OC(F)(F)F)cc1)N1CCC2(CCC3(CC2)OCC(C)(C)CO3)OC1=O. The highest BCUT2D eigenvalue weighted by molar-refractivity contribution is 5.70. The van der Waals surface area contributed by atoms with Gasteiger partial charge < -0.3 is 23.8 Å². The molecule has 2 heterocycles. The first kappa shape index (κ1) is 23.2. The smallest absolute Gasteiger partial charge is 0.443 e. The molecule has 9 heteroatoms. The van der Waals surface area contributed by atoms with E-state index < -0.39 is 23.8 Å². The lowest BCUT2D eigenvalue weighted by Gasteiger charge is -2.51. The van der Waals surface area contributed by atoms with Crippen molar-refractivity contribution in [3.8, 4) is 5.75 Å². The zero-order valence-electron chi connectivity index (χ0n) is 18.7. The summed E-state index contributed by atoms with van der Waals surface area (Å²) < 4.78 is 59.1. The van der Waals surface area contributed by atoms with Crippen LogP contribution in [0.3, 0.4) is 0 Å². The van der Waals surface area contributed by atoms with Crippen molar-refractivity contribution in [1.29, 1.82) is 0 Å². The monoisotopic (exact) mass is 457 g/mol. The summed E-state index contributed by atoms with van der Waals surface area (Å²) in [5, 5.41) is 0. The normalized spacial score (nSPS) is 25.4. The number of carbonyl (C=O) groups excluding carboxylic acids is 1. The second kappa shape index (κ2) is 8.09. The van der Waals surface area contributed by atoms with E-state index in [2.05, 4.69) is 18.6 Å². The number of alkyl halides is 3. The van der Waals surface area contributed by atoms with Crippen molar-refractivity contribution >= 4 is 6.09 Å². The van der Waals surface area contributed by atoms with E-state index in [1.165, 1.54) is 24.3 Å². The van der Waals surface area contributed by atoms with Crippen LogP contribution in [-0.4, -0.2) is 48.5 Å². The minimum absolute atomic E-state index is 0.00536. The van der Waals surface area contributed by atoms with Crippen LogP contribution < -0.4 is 4.74 Å². The van der Waals surface area contributed by atoms with E-state index in [1.54, 1.807) is 4.90 Å². The van der Waals surface area contributed by atoms with Gasteiger partial charge in [0.2, 0.25) is 0 Å². The molecular formula is C23H30F3NO5. The Hall–Kier alpha value is -2.00. The molecule has 0 bridgehead atoms. The van der Waals surface area contributed by atoms with Gasteiger partial charge in [-0.3, -0.25) is 0 Å². The second-order valence-corrected chi connectivity index (χ2v) is 9.94.